The number of carbonyl (C=O) groups excluding carboxylic acids is 2. The number of amides is 2. The minimum atomic E-state index is -0.0931. The highest BCUT2D eigenvalue weighted by Gasteiger charge is 2.11. The fraction of sp³-hybridized carbons (Fsp3) is 0.333. The van der Waals surface area contributed by atoms with Gasteiger partial charge in [-0.2, -0.15) is 0 Å². The molecule has 0 saturated carbocycles. The van der Waals surface area contributed by atoms with Crippen LogP contribution in [0.4, 0.5) is 0 Å². The highest BCUT2D eigenvalue weighted by atomic mass is 16.2. The predicted molar refractivity (Wildman–Crippen MR) is 100 cm³/mol. The topological polar surface area (TPSA) is 49.4 Å². The molecular formula is C21H26N2O2. The Morgan fingerprint density at radius 3 is 2.24 bits per heavy atom. The van der Waals surface area contributed by atoms with E-state index in [1.165, 1.54) is 5.56 Å². The maximum Gasteiger partial charge on any atom is 0.251 e. The molecule has 1 N–H and O–H groups in total. The van der Waals surface area contributed by atoms with Gasteiger partial charge >= 0.3 is 0 Å². The molecule has 0 fully saturated rings. The summed E-state index contributed by atoms with van der Waals surface area (Å²) in [5, 5.41) is 2.86. The molecule has 132 valence electrons. The molecule has 0 aliphatic carbocycles. The molecule has 2 rings (SSSR count). The van der Waals surface area contributed by atoms with E-state index in [1.54, 1.807) is 12.1 Å². The number of carbonyl (C=O) groups is 2. The molecule has 0 atom stereocenters. The van der Waals surface area contributed by atoms with Crippen LogP contribution in [0.2, 0.25) is 0 Å². The molecule has 2 aromatic rings. The van der Waals surface area contributed by atoms with Crippen molar-refractivity contribution in [1.82, 2.24) is 10.2 Å². The minimum absolute atomic E-state index is 0.0931. The predicted octanol–water partition coefficient (Wildman–Crippen LogP) is 3.29. The molecule has 0 aromatic heterocycles. The van der Waals surface area contributed by atoms with E-state index in [0.717, 1.165) is 13.0 Å². The fourth-order valence-electron chi connectivity index (χ4n) is 2.66. The zero-order valence-corrected chi connectivity index (χ0v) is 14.8. The van der Waals surface area contributed by atoms with Gasteiger partial charge in [0.1, 0.15) is 0 Å². The second kappa shape index (κ2) is 10.3. The molecule has 0 spiro atoms. The highest BCUT2D eigenvalue weighted by Crippen LogP contribution is 2.04. The van der Waals surface area contributed by atoms with Crippen molar-refractivity contribution in [1.29, 1.82) is 0 Å². The van der Waals surface area contributed by atoms with Gasteiger partial charge in [-0.15, -0.1) is 0 Å². The monoisotopic (exact) mass is 338 g/mol. The number of benzene rings is 2. The highest BCUT2D eigenvalue weighted by molar-refractivity contribution is 5.94. The lowest BCUT2D eigenvalue weighted by atomic mass is 10.1. The SMILES string of the molecule is CCN(CCc1ccccc1)C(=O)CCCNC(=O)c1ccccc1. The molecule has 0 heterocycles. The molecule has 0 bridgehead atoms. The van der Waals surface area contributed by atoms with Crippen LogP contribution in [0.3, 0.4) is 0 Å². The third kappa shape index (κ3) is 6.42. The van der Waals surface area contributed by atoms with E-state index in [0.29, 0.717) is 31.5 Å². The smallest absolute Gasteiger partial charge is 0.251 e. The van der Waals surface area contributed by atoms with Gasteiger partial charge in [0.15, 0.2) is 0 Å². The van der Waals surface area contributed by atoms with Gasteiger partial charge in [-0.25, -0.2) is 0 Å². The van der Waals surface area contributed by atoms with Crippen LogP contribution in [0.1, 0.15) is 35.7 Å². The van der Waals surface area contributed by atoms with E-state index in [4.69, 9.17) is 0 Å². The number of likely N-dealkylation sites (N-methyl/N-ethyl adjacent to an activating group) is 1. The maximum atomic E-state index is 12.3. The van der Waals surface area contributed by atoms with Crippen LogP contribution in [-0.4, -0.2) is 36.3 Å². The first-order valence-corrected chi connectivity index (χ1v) is 8.85. The Morgan fingerprint density at radius 1 is 0.960 bits per heavy atom. The van der Waals surface area contributed by atoms with Crippen molar-refractivity contribution in [3.05, 3.63) is 71.8 Å². The van der Waals surface area contributed by atoms with Crippen molar-refractivity contribution in [2.75, 3.05) is 19.6 Å². The first kappa shape index (κ1) is 18.7. The van der Waals surface area contributed by atoms with Crippen molar-refractivity contribution >= 4 is 11.8 Å². The first-order valence-electron chi connectivity index (χ1n) is 8.85. The zero-order chi connectivity index (χ0) is 17.9. The first-order chi connectivity index (χ1) is 12.2. The lowest BCUT2D eigenvalue weighted by molar-refractivity contribution is -0.131. The second-order valence-corrected chi connectivity index (χ2v) is 5.93. The Balaban J connectivity index is 1.68. The molecule has 4 nitrogen and oxygen atoms in total. The minimum Gasteiger partial charge on any atom is -0.352 e. The van der Waals surface area contributed by atoms with Gasteiger partial charge in [-0.05, 0) is 37.5 Å². The molecular weight excluding hydrogens is 312 g/mol. The largest absolute Gasteiger partial charge is 0.352 e. The molecule has 2 aromatic carbocycles. The summed E-state index contributed by atoms with van der Waals surface area (Å²) in [7, 11) is 0. The van der Waals surface area contributed by atoms with E-state index in [9.17, 15) is 9.59 Å². The van der Waals surface area contributed by atoms with E-state index in [-0.39, 0.29) is 11.8 Å². The Labute approximate surface area is 149 Å². The summed E-state index contributed by atoms with van der Waals surface area (Å²) in [5.74, 6) is 0.0527. The number of nitrogens with zero attached hydrogens (tertiary/aromatic N) is 1. The molecule has 0 radical (unpaired) electrons. The summed E-state index contributed by atoms with van der Waals surface area (Å²) in [6, 6.07) is 19.3. The van der Waals surface area contributed by atoms with Crippen LogP contribution in [0.15, 0.2) is 60.7 Å². The Kier molecular flexibility index (Phi) is 7.70. The van der Waals surface area contributed by atoms with Crippen molar-refractivity contribution in [2.24, 2.45) is 0 Å². The Morgan fingerprint density at radius 2 is 1.60 bits per heavy atom. The molecule has 0 unspecified atom stereocenters. The van der Waals surface area contributed by atoms with Crippen LogP contribution in [-0.2, 0) is 11.2 Å². The van der Waals surface area contributed by atoms with Crippen LogP contribution in [0.5, 0.6) is 0 Å². The van der Waals surface area contributed by atoms with Gasteiger partial charge in [0.25, 0.3) is 5.91 Å². The van der Waals surface area contributed by atoms with Crippen LogP contribution in [0.25, 0.3) is 0 Å². The standard InChI is InChI=1S/C21H26N2O2/c1-2-23(17-15-18-10-5-3-6-11-18)20(24)14-9-16-22-21(25)19-12-7-4-8-13-19/h3-8,10-13H,2,9,14-17H2,1H3,(H,22,25). The third-order valence-electron chi connectivity index (χ3n) is 4.14. The summed E-state index contributed by atoms with van der Waals surface area (Å²) in [5.41, 5.74) is 1.88. The average Bonchev–Trinajstić information content (AvgIpc) is 2.67. The van der Waals surface area contributed by atoms with Gasteiger partial charge in [0.2, 0.25) is 5.91 Å². The fourth-order valence-corrected chi connectivity index (χ4v) is 2.66. The van der Waals surface area contributed by atoms with Gasteiger partial charge < -0.3 is 10.2 Å². The quantitative estimate of drug-likeness (QED) is 0.713. The molecule has 0 aliphatic heterocycles. The van der Waals surface area contributed by atoms with Crippen molar-refractivity contribution in [2.45, 2.75) is 26.2 Å². The molecule has 2 amide bonds. The van der Waals surface area contributed by atoms with E-state index in [2.05, 4.69) is 17.4 Å². The van der Waals surface area contributed by atoms with Crippen LogP contribution >= 0.6 is 0 Å². The van der Waals surface area contributed by atoms with E-state index in [1.807, 2.05) is 48.2 Å². The normalized spacial score (nSPS) is 10.3. The van der Waals surface area contributed by atoms with Crippen LogP contribution in [0, 0.1) is 0 Å². The van der Waals surface area contributed by atoms with Gasteiger partial charge in [-0.3, -0.25) is 9.59 Å². The van der Waals surface area contributed by atoms with Gasteiger partial charge in [0, 0.05) is 31.6 Å². The Hall–Kier alpha value is -2.62. The molecule has 25 heavy (non-hydrogen) atoms. The van der Waals surface area contributed by atoms with Crippen molar-refractivity contribution < 1.29 is 9.59 Å². The van der Waals surface area contributed by atoms with Crippen molar-refractivity contribution in [3.8, 4) is 0 Å². The van der Waals surface area contributed by atoms with Crippen LogP contribution < -0.4 is 5.32 Å². The summed E-state index contributed by atoms with van der Waals surface area (Å²) < 4.78 is 0. The number of hydrogen-bond acceptors (Lipinski definition) is 2. The second-order valence-electron chi connectivity index (χ2n) is 5.93. The molecule has 0 saturated heterocycles. The maximum absolute atomic E-state index is 12.3. The Bertz CT molecular complexity index is 656. The lowest BCUT2D eigenvalue weighted by Crippen LogP contribution is -2.33. The molecule has 0 aliphatic rings. The van der Waals surface area contributed by atoms with E-state index >= 15 is 0 Å². The van der Waals surface area contributed by atoms with Crippen molar-refractivity contribution in [3.63, 3.8) is 0 Å². The number of rotatable bonds is 9. The van der Waals surface area contributed by atoms with Gasteiger partial charge in [0.05, 0.1) is 0 Å². The number of hydrogen-bond donors (Lipinski definition) is 1. The average molecular weight is 338 g/mol. The zero-order valence-electron chi connectivity index (χ0n) is 14.8. The molecule has 4 heteroatoms. The van der Waals surface area contributed by atoms with Gasteiger partial charge in [-0.1, -0.05) is 48.5 Å². The third-order valence-corrected chi connectivity index (χ3v) is 4.14. The van der Waals surface area contributed by atoms with E-state index < -0.39 is 0 Å². The number of nitrogens with one attached hydrogen (secondary N) is 1. The summed E-state index contributed by atoms with van der Waals surface area (Å²) in [6.07, 6.45) is 1.97. The summed E-state index contributed by atoms with van der Waals surface area (Å²) in [6.45, 7) is 3.95. The summed E-state index contributed by atoms with van der Waals surface area (Å²) in [4.78, 5) is 26.1. The summed E-state index contributed by atoms with van der Waals surface area (Å²) >= 11 is 0. The lowest BCUT2D eigenvalue weighted by Gasteiger charge is -2.21.